The first-order valence-corrected chi connectivity index (χ1v) is 9.86. The van der Waals surface area contributed by atoms with Gasteiger partial charge in [0.15, 0.2) is 0 Å². The van der Waals surface area contributed by atoms with Crippen LogP contribution >= 0.6 is 0 Å². The van der Waals surface area contributed by atoms with E-state index in [0.29, 0.717) is 29.7 Å². The van der Waals surface area contributed by atoms with Gasteiger partial charge in [0.1, 0.15) is 0 Å². The fourth-order valence-electron chi connectivity index (χ4n) is 4.81. The molecule has 5 rings (SSSR count). The average molecular weight is 383 g/mol. The van der Waals surface area contributed by atoms with Gasteiger partial charge in [-0.05, 0) is 60.3 Å². The van der Waals surface area contributed by atoms with Crippen molar-refractivity contribution in [2.45, 2.75) is 20.3 Å². The molecule has 28 heavy (non-hydrogen) atoms. The summed E-state index contributed by atoms with van der Waals surface area (Å²) in [5.41, 5.74) is 0.967. The summed E-state index contributed by atoms with van der Waals surface area (Å²) in [6.07, 6.45) is 5.05. The van der Waals surface area contributed by atoms with Gasteiger partial charge in [-0.1, -0.05) is 26.0 Å². The highest BCUT2D eigenvalue weighted by Crippen LogP contribution is 2.63. The summed E-state index contributed by atoms with van der Waals surface area (Å²) >= 11 is 0. The third-order valence-corrected chi connectivity index (χ3v) is 6.18. The summed E-state index contributed by atoms with van der Waals surface area (Å²) < 4.78 is 5.20. The molecule has 0 heterocycles. The fraction of sp³-hybridized carbons (Fsp3) is 0.500. The zero-order valence-corrected chi connectivity index (χ0v) is 16.0. The van der Waals surface area contributed by atoms with Crippen molar-refractivity contribution in [1.82, 2.24) is 0 Å². The third-order valence-electron chi connectivity index (χ3n) is 6.18. The second-order valence-electron chi connectivity index (χ2n) is 8.55. The second kappa shape index (κ2) is 7.08. The number of nitrogens with one attached hydrogen (secondary N) is 1. The Bertz CT molecular complexity index is 828. The number of hydrogen-bond acceptors (Lipinski definition) is 4. The number of allylic oxidation sites excluding steroid dienone is 2. The minimum atomic E-state index is -0.895. The Morgan fingerprint density at radius 3 is 2.25 bits per heavy atom. The van der Waals surface area contributed by atoms with Gasteiger partial charge in [0.25, 0.3) is 0 Å². The molecule has 6 atom stereocenters. The van der Waals surface area contributed by atoms with E-state index in [9.17, 15) is 19.5 Å². The van der Waals surface area contributed by atoms with E-state index >= 15 is 0 Å². The first-order chi connectivity index (χ1) is 13.4. The Hall–Kier alpha value is -2.63. The number of esters is 1. The standard InChI is InChI=1S/C22H25NO5/c1-11(2)10-28-22(27)12-3-5-13(6-4-12)23-20(24)18-14-7-8-15(17-9-16(14)17)19(18)21(25)26/h3-8,11,14-19H,9-10H2,1-2H3,(H,23,24)(H,25,26)/t14-,15+,16+,17+,18+,19-/m0/s1. The zero-order chi connectivity index (χ0) is 20.0. The Kier molecular flexibility index (Phi) is 4.73. The quantitative estimate of drug-likeness (QED) is 0.581. The largest absolute Gasteiger partial charge is 0.481 e. The topological polar surface area (TPSA) is 92.7 Å². The summed E-state index contributed by atoms with van der Waals surface area (Å²) in [6, 6.07) is 6.51. The van der Waals surface area contributed by atoms with Crippen LogP contribution in [0.5, 0.6) is 0 Å². The van der Waals surface area contributed by atoms with Crippen LogP contribution < -0.4 is 5.32 Å². The monoisotopic (exact) mass is 383 g/mol. The number of ether oxygens (including phenoxy) is 1. The molecule has 148 valence electrons. The number of carboxylic acids is 1. The minimum Gasteiger partial charge on any atom is -0.481 e. The SMILES string of the molecule is CC(C)COC(=O)c1ccc(NC(=O)[C@@H]2[C@H]3C=C[C@H]([C@H]4C[C@H]34)[C@@H]2C(=O)O)cc1. The molecule has 0 saturated heterocycles. The maximum Gasteiger partial charge on any atom is 0.338 e. The van der Waals surface area contributed by atoms with Crippen molar-refractivity contribution in [2.75, 3.05) is 11.9 Å². The highest BCUT2D eigenvalue weighted by atomic mass is 16.5. The van der Waals surface area contributed by atoms with Crippen LogP contribution in [0.4, 0.5) is 5.69 Å². The number of amides is 1. The number of hydrogen-bond donors (Lipinski definition) is 2. The molecule has 0 spiro atoms. The molecule has 2 bridgehead atoms. The molecule has 4 aliphatic carbocycles. The van der Waals surface area contributed by atoms with Gasteiger partial charge in [0.05, 0.1) is 24.0 Å². The maximum atomic E-state index is 12.9. The summed E-state index contributed by atoms with van der Waals surface area (Å²) in [4.78, 5) is 36.8. The van der Waals surface area contributed by atoms with Gasteiger partial charge >= 0.3 is 11.9 Å². The van der Waals surface area contributed by atoms with E-state index < -0.39 is 23.8 Å². The van der Waals surface area contributed by atoms with Crippen molar-refractivity contribution in [1.29, 1.82) is 0 Å². The Morgan fingerprint density at radius 1 is 1.07 bits per heavy atom. The van der Waals surface area contributed by atoms with Crippen LogP contribution in [0.15, 0.2) is 36.4 Å². The van der Waals surface area contributed by atoms with E-state index in [1.165, 1.54) is 0 Å². The molecule has 1 aromatic carbocycles. The Labute approximate surface area is 164 Å². The molecule has 0 radical (unpaired) electrons. The Morgan fingerprint density at radius 2 is 1.68 bits per heavy atom. The molecule has 1 amide bonds. The number of carbonyl (C=O) groups excluding carboxylic acids is 2. The van der Waals surface area contributed by atoms with Crippen LogP contribution in [0.25, 0.3) is 0 Å². The average Bonchev–Trinajstić information content (AvgIpc) is 3.48. The van der Waals surface area contributed by atoms with Gasteiger partial charge < -0.3 is 15.2 Å². The molecule has 1 aromatic rings. The van der Waals surface area contributed by atoms with Crippen LogP contribution in [0, 0.1) is 41.4 Å². The third kappa shape index (κ3) is 3.32. The van der Waals surface area contributed by atoms with Crippen LogP contribution in [0.3, 0.4) is 0 Å². The predicted octanol–water partition coefficient (Wildman–Crippen LogP) is 3.21. The van der Waals surface area contributed by atoms with Gasteiger partial charge in [-0.15, -0.1) is 0 Å². The number of aliphatic carboxylic acids is 1. The van der Waals surface area contributed by atoms with E-state index in [1.54, 1.807) is 24.3 Å². The summed E-state index contributed by atoms with van der Waals surface area (Å²) in [7, 11) is 0. The lowest BCUT2D eigenvalue weighted by Crippen LogP contribution is -2.48. The van der Waals surface area contributed by atoms with Crippen molar-refractivity contribution < 1.29 is 24.2 Å². The minimum absolute atomic E-state index is 0.00128. The lowest BCUT2D eigenvalue weighted by Gasteiger charge is -2.41. The summed E-state index contributed by atoms with van der Waals surface area (Å²) in [5.74, 6) is -1.67. The van der Waals surface area contributed by atoms with Crippen molar-refractivity contribution >= 4 is 23.5 Å². The number of carboxylic acid groups (broad SMARTS) is 1. The van der Waals surface area contributed by atoms with E-state index in [-0.39, 0.29) is 23.7 Å². The molecule has 4 aliphatic rings. The van der Waals surface area contributed by atoms with E-state index in [4.69, 9.17) is 4.74 Å². The van der Waals surface area contributed by atoms with Gasteiger partial charge in [0.2, 0.25) is 5.91 Å². The molecule has 0 unspecified atom stereocenters. The Balaban J connectivity index is 1.44. The van der Waals surface area contributed by atoms with Gasteiger partial charge in [-0.2, -0.15) is 0 Å². The predicted molar refractivity (Wildman–Crippen MR) is 103 cm³/mol. The summed E-state index contributed by atoms with van der Waals surface area (Å²) in [6.45, 7) is 4.29. The van der Waals surface area contributed by atoms with E-state index in [1.807, 2.05) is 26.0 Å². The molecule has 2 saturated carbocycles. The first kappa shape index (κ1) is 18.7. The van der Waals surface area contributed by atoms with Gasteiger partial charge in [-0.3, -0.25) is 9.59 Å². The number of fused-ring (bicyclic) bond motifs is 1. The van der Waals surface area contributed by atoms with E-state index in [0.717, 1.165) is 6.42 Å². The zero-order valence-electron chi connectivity index (χ0n) is 16.0. The lowest BCUT2D eigenvalue weighted by atomic mass is 9.62. The molecule has 0 aromatic heterocycles. The highest BCUT2D eigenvalue weighted by molar-refractivity contribution is 5.97. The summed E-state index contributed by atoms with van der Waals surface area (Å²) in [5, 5.41) is 12.6. The number of anilines is 1. The van der Waals surface area contributed by atoms with Gasteiger partial charge in [0, 0.05) is 5.69 Å². The lowest BCUT2D eigenvalue weighted by molar-refractivity contribution is -0.152. The van der Waals surface area contributed by atoms with Gasteiger partial charge in [-0.25, -0.2) is 4.79 Å². The van der Waals surface area contributed by atoms with Crippen molar-refractivity contribution in [2.24, 2.45) is 41.4 Å². The van der Waals surface area contributed by atoms with Crippen molar-refractivity contribution in [3.8, 4) is 0 Å². The molecule has 6 heteroatoms. The highest BCUT2D eigenvalue weighted by Gasteiger charge is 2.62. The number of carbonyl (C=O) groups is 3. The normalized spacial score (nSPS) is 32.0. The van der Waals surface area contributed by atoms with Crippen LogP contribution in [-0.4, -0.2) is 29.6 Å². The molecular formula is C22H25NO5. The molecule has 0 aliphatic heterocycles. The van der Waals surface area contributed by atoms with Crippen molar-refractivity contribution in [3.63, 3.8) is 0 Å². The number of rotatable bonds is 6. The number of benzene rings is 1. The molecule has 2 fully saturated rings. The van der Waals surface area contributed by atoms with E-state index in [2.05, 4.69) is 5.32 Å². The van der Waals surface area contributed by atoms with Crippen LogP contribution in [0.1, 0.15) is 30.6 Å². The van der Waals surface area contributed by atoms with Crippen LogP contribution in [-0.2, 0) is 14.3 Å². The second-order valence-corrected chi connectivity index (χ2v) is 8.55. The van der Waals surface area contributed by atoms with Crippen LogP contribution in [0.2, 0.25) is 0 Å². The smallest absolute Gasteiger partial charge is 0.338 e. The fourth-order valence-corrected chi connectivity index (χ4v) is 4.81. The first-order valence-electron chi connectivity index (χ1n) is 9.86. The van der Waals surface area contributed by atoms with Crippen molar-refractivity contribution in [3.05, 3.63) is 42.0 Å². The maximum absolute atomic E-state index is 12.9. The molecule has 2 N–H and O–H groups in total. The molecule has 6 nitrogen and oxygen atoms in total. The molecular weight excluding hydrogens is 358 g/mol.